The van der Waals surface area contributed by atoms with Crippen LogP contribution < -0.4 is 5.73 Å². The monoisotopic (exact) mass is 140 g/mol. The maximum Gasteiger partial charge on any atom is 0.157 e. The molecule has 0 aromatic carbocycles. The van der Waals surface area contributed by atoms with Crippen LogP contribution in [0, 0.1) is 5.92 Å². The van der Waals surface area contributed by atoms with Crippen LogP contribution in [0.15, 0.2) is 23.9 Å². The standard InChI is InChI=1S/C8H13NO/c1-6(10)7-2-4-8(9)5-3-7/h2,4-7,10H,3,9H2,1H3/p+1/t6-,7+/m0/s1. The predicted molar refractivity (Wildman–Crippen MR) is 42.6 cm³/mol. The van der Waals surface area contributed by atoms with Gasteiger partial charge >= 0.3 is 0 Å². The highest BCUT2D eigenvalue weighted by Gasteiger charge is 2.15. The molecular weight excluding hydrogens is 126 g/mol. The summed E-state index contributed by atoms with van der Waals surface area (Å²) in [6, 6.07) is 0. The molecule has 2 atom stereocenters. The topological polar surface area (TPSA) is 48.9 Å². The highest BCUT2D eigenvalue weighted by atomic mass is 16.3. The van der Waals surface area contributed by atoms with E-state index < -0.39 is 0 Å². The zero-order valence-corrected chi connectivity index (χ0v) is 6.17. The smallest absolute Gasteiger partial charge is 0.157 e. The molecule has 1 aliphatic carbocycles. The Balaban J connectivity index is 2.52. The summed E-state index contributed by atoms with van der Waals surface area (Å²) in [6.45, 7) is 1.91. The van der Waals surface area contributed by atoms with Crippen molar-refractivity contribution in [3.63, 3.8) is 0 Å². The zero-order valence-electron chi connectivity index (χ0n) is 6.17. The highest BCUT2D eigenvalue weighted by molar-refractivity contribution is 5.20. The van der Waals surface area contributed by atoms with E-state index in [0.717, 1.165) is 12.1 Å². The molecule has 0 saturated carbocycles. The molecule has 0 radical (unpaired) electrons. The maximum atomic E-state index is 7.42. The molecule has 0 saturated heterocycles. The van der Waals surface area contributed by atoms with Gasteiger partial charge in [0.25, 0.3) is 0 Å². The molecule has 10 heavy (non-hydrogen) atoms. The van der Waals surface area contributed by atoms with Gasteiger partial charge in [-0.25, -0.2) is 0 Å². The minimum Gasteiger partial charge on any atom is -0.443 e. The van der Waals surface area contributed by atoms with E-state index in [1.807, 2.05) is 25.2 Å². The van der Waals surface area contributed by atoms with E-state index in [1.54, 1.807) is 0 Å². The van der Waals surface area contributed by atoms with Gasteiger partial charge in [0.15, 0.2) is 6.10 Å². The molecule has 0 spiro atoms. The fourth-order valence-corrected chi connectivity index (χ4v) is 1.02. The minimum absolute atomic E-state index is 0.0133. The number of rotatable bonds is 1. The van der Waals surface area contributed by atoms with Crippen molar-refractivity contribution in [3.8, 4) is 0 Å². The summed E-state index contributed by atoms with van der Waals surface area (Å²) >= 11 is 0. The Morgan fingerprint density at radius 1 is 1.80 bits per heavy atom. The first kappa shape index (κ1) is 7.35. The van der Waals surface area contributed by atoms with Gasteiger partial charge in [0.2, 0.25) is 0 Å². The van der Waals surface area contributed by atoms with Gasteiger partial charge in [-0.05, 0) is 12.5 Å². The second kappa shape index (κ2) is 2.88. The largest absolute Gasteiger partial charge is 0.443 e. The van der Waals surface area contributed by atoms with Crippen LogP contribution in [0.4, 0.5) is 0 Å². The maximum absolute atomic E-state index is 7.42. The van der Waals surface area contributed by atoms with Gasteiger partial charge in [0, 0.05) is 12.6 Å². The van der Waals surface area contributed by atoms with E-state index in [9.17, 15) is 0 Å². The quantitative estimate of drug-likeness (QED) is 0.530. The molecular formula is C8H14NO+. The zero-order chi connectivity index (χ0) is 7.56. The lowest BCUT2D eigenvalue weighted by Gasteiger charge is -2.13. The number of hydrogen-bond donors (Lipinski definition) is 1. The fourth-order valence-electron chi connectivity index (χ4n) is 1.02. The molecule has 4 N–H and O–H groups in total. The summed E-state index contributed by atoms with van der Waals surface area (Å²) in [6.07, 6.45) is 6.80. The molecule has 2 nitrogen and oxygen atoms in total. The molecule has 0 heterocycles. The van der Waals surface area contributed by atoms with Crippen molar-refractivity contribution < 1.29 is 5.11 Å². The second-order valence-electron chi connectivity index (χ2n) is 2.75. The normalized spacial score (nSPS) is 27.8. The van der Waals surface area contributed by atoms with Crippen LogP contribution in [0.3, 0.4) is 0 Å². The Kier molecular flexibility index (Phi) is 2.12. The third kappa shape index (κ3) is 1.61. The van der Waals surface area contributed by atoms with Crippen molar-refractivity contribution in [2.75, 3.05) is 0 Å². The molecule has 56 valence electrons. The SMILES string of the molecule is C[C@H]([OH2+])[C@@H]1C=CC(N)=CC1. The summed E-state index contributed by atoms with van der Waals surface area (Å²) < 4.78 is 0. The summed E-state index contributed by atoms with van der Waals surface area (Å²) in [7, 11) is 0. The van der Waals surface area contributed by atoms with Gasteiger partial charge in [0.1, 0.15) is 0 Å². The molecule has 0 fully saturated rings. The van der Waals surface area contributed by atoms with Gasteiger partial charge < -0.3 is 10.8 Å². The van der Waals surface area contributed by atoms with E-state index >= 15 is 0 Å². The van der Waals surface area contributed by atoms with Crippen LogP contribution in [0.5, 0.6) is 0 Å². The van der Waals surface area contributed by atoms with E-state index in [-0.39, 0.29) is 6.10 Å². The van der Waals surface area contributed by atoms with E-state index in [4.69, 9.17) is 10.8 Å². The van der Waals surface area contributed by atoms with Crippen LogP contribution in [0.2, 0.25) is 0 Å². The lowest BCUT2D eigenvalue weighted by Crippen LogP contribution is -2.16. The Labute approximate surface area is 61.0 Å². The third-order valence-electron chi connectivity index (χ3n) is 1.80. The van der Waals surface area contributed by atoms with Crippen molar-refractivity contribution in [1.29, 1.82) is 0 Å². The molecule has 1 rings (SSSR count). The van der Waals surface area contributed by atoms with Crippen LogP contribution in [0.1, 0.15) is 13.3 Å². The van der Waals surface area contributed by atoms with Crippen molar-refractivity contribution in [3.05, 3.63) is 23.9 Å². The van der Waals surface area contributed by atoms with E-state index in [2.05, 4.69) is 0 Å². The average Bonchev–Trinajstić information content (AvgIpc) is 1.88. The summed E-state index contributed by atoms with van der Waals surface area (Å²) in [5.74, 6) is 0.368. The molecule has 0 aliphatic heterocycles. The summed E-state index contributed by atoms with van der Waals surface area (Å²) in [5.41, 5.74) is 6.34. The molecule has 0 bridgehead atoms. The summed E-state index contributed by atoms with van der Waals surface area (Å²) in [4.78, 5) is 0. The Morgan fingerprint density at radius 3 is 2.90 bits per heavy atom. The number of allylic oxidation sites excluding steroid dienone is 2. The highest BCUT2D eigenvalue weighted by Crippen LogP contribution is 2.16. The second-order valence-corrected chi connectivity index (χ2v) is 2.75. The van der Waals surface area contributed by atoms with Gasteiger partial charge in [-0.3, -0.25) is 0 Å². The Bertz CT molecular complexity index is 170. The number of nitrogens with two attached hydrogens (primary N) is 1. The van der Waals surface area contributed by atoms with Crippen molar-refractivity contribution in [2.45, 2.75) is 19.4 Å². The van der Waals surface area contributed by atoms with Crippen LogP contribution in [-0.2, 0) is 0 Å². The molecule has 2 heteroatoms. The first-order valence-electron chi connectivity index (χ1n) is 3.55. The summed E-state index contributed by atoms with van der Waals surface area (Å²) in [5, 5.41) is 7.42. The predicted octanol–water partition coefficient (Wildman–Crippen LogP) is 0.518. The van der Waals surface area contributed by atoms with Gasteiger partial charge in [-0.2, -0.15) is 0 Å². The lowest BCUT2D eigenvalue weighted by molar-refractivity contribution is 0.149. The van der Waals surface area contributed by atoms with Crippen molar-refractivity contribution >= 4 is 0 Å². The minimum atomic E-state index is -0.0133. The number of hydrogen-bond acceptors (Lipinski definition) is 1. The lowest BCUT2D eigenvalue weighted by atomic mass is 9.95. The van der Waals surface area contributed by atoms with Crippen molar-refractivity contribution in [1.82, 2.24) is 0 Å². The molecule has 0 amide bonds. The molecule has 0 unspecified atom stereocenters. The first-order valence-corrected chi connectivity index (χ1v) is 3.55. The van der Waals surface area contributed by atoms with E-state index in [0.29, 0.717) is 5.92 Å². The Morgan fingerprint density at radius 2 is 2.50 bits per heavy atom. The van der Waals surface area contributed by atoms with Crippen LogP contribution in [0.25, 0.3) is 0 Å². The third-order valence-corrected chi connectivity index (χ3v) is 1.80. The van der Waals surface area contributed by atoms with Crippen LogP contribution in [-0.4, -0.2) is 11.2 Å². The van der Waals surface area contributed by atoms with Gasteiger partial charge in [0.05, 0.1) is 5.92 Å². The molecule has 0 aromatic rings. The molecule has 0 aromatic heterocycles. The van der Waals surface area contributed by atoms with Crippen molar-refractivity contribution in [2.24, 2.45) is 11.7 Å². The van der Waals surface area contributed by atoms with E-state index in [1.165, 1.54) is 0 Å². The van der Waals surface area contributed by atoms with Gasteiger partial charge in [-0.1, -0.05) is 12.2 Å². The Hall–Kier alpha value is -0.760. The fraction of sp³-hybridized carbons (Fsp3) is 0.500. The first-order chi connectivity index (χ1) is 4.70. The molecule has 1 aliphatic rings. The van der Waals surface area contributed by atoms with Gasteiger partial charge in [-0.15, -0.1) is 0 Å². The van der Waals surface area contributed by atoms with Crippen LogP contribution >= 0.6 is 0 Å². The average molecular weight is 140 g/mol.